The summed E-state index contributed by atoms with van der Waals surface area (Å²) in [6.07, 6.45) is 2.09. The van der Waals surface area contributed by atoms with E-state index in [1.807, 2.05) is 12.1 Å². The lowest BCUT2D eigenvalue weighted by atomic mass is 10.2. The lowest BCUT2D eigenvalue weighted by Gasteiger charge is -2.36. The van der Waals surface area contributed by atoms with Gasteiger partial charge in [0.2, 0.25) is 0 Å². The van der Waals surface area contributed by atoms with Crippen LogP contribution in [0.4, 0.5) is 11.4 Å². The summed E-state index contributed by atoms with van der Waals surface area (Å²) >= 11 is 1.76. The molecule has 5 nitrogen and oxygen atoms in total. The quantitative estimate of drug-likeness (QED) is 0.471. The number of rotatable bonds is 5. The van der Waals surface area contributed by atoms with Gasteiger partial charge in [-0.3, -0.25) is 15.0 Å². The fourth-order valence-electron chi connectivity index (χ4n) is 2.94. The van der Waals surface area contributed by atoms with E-state index in [2.05, 4.69) is 40.3 Å². The monoisotopic (exact) mass is 343 g/mol. The summed E-state index contributed by atoms with van der Waals surface area (Å²) in [5.41, 5.74) is 2.55. The van der Waals surface area contributed by atoms with Crippen LogP contribution in [0.3, 0.4) is 0 Å². The number of anilines is 1. The zero-order valence-electron chi connectivity index (χ0n) is 13.7. The summed E-state index contributed by atoms with van der Waals surface area (Å²) in [5, 5.41) is 10.7. The molecule has 1 aliphatic heterocycles. The summed E-state index contributed by atoms with van der Waals surface area (Å²) in [6.45, 7) is 4.87. The zero-order valence-corrected chi connectivity index (χ0v) is 14.5. The molecule has 24 heavy (non-hydrogen) atoms. The summed E-state index contributed by atoms with van der Waals surface area (Å²) in [7, 11) is 0. The molecule has 1 fully saturated rings. The van der Waals surface area contributed by atoms with Crippen LogP contribution in [0.15, 0.2) is 53.4 Å². The molecule has 0 atom stereocenters. The molecule has 1 aliphatic rings. The van der Waals surface area contributed by atoms with Crippen LogP contribution < -0.4 is 4.90 Å². The Morgan fingerprint density at radius 1 is 1.00 bits per heavy atom. The van der Waals surface area contributed by atoms with Gasteiger partial charge >= 0.3 is 0 Å². The first-order chi connectivity index (χ1) is 11.7. The number of hydrogen-bond acceptors (Lipinski definition) is 5. The highest BCUT2D eigenvalue weighted by atomic mass is 32.2. The van der Waals surface area contributed by atoms with Gasteiger partial charge in [-0.1, -0.05) is 12.1 Å². The minimum Gasteiger partial charge on any atom is -0.369 e. The lowest BCUT2D eigenvalue weighted by molar-refractivity contribution is -0.384. The Kier molecular flexibility index (Phi) is 5.37. The number of nitro groups is 1. The number of hydrogen-bond donors (Lipinski definition) is 0. The molecule has 1 heterocycles. The molecule has 0 bridgehead atoms. The Balaban J connectivity index is 1.54. The van der Waals surface area contributed by atoms with Crippen LogP contribution in [0, 0.1) is 10.1 Å². The summed E-state index contributed by atoms with van der Waals surface area (Å²) < 4.78 is 0. The number of thioether (sulfide) groups is 1. The number of nitro benzene ring substituents is 1. The van der Waals surface area contributed by atoms with Crippen molar-refractivity contribution >= 4 is 23.1 Å². The Morgan fingerprint density at radius 2 is 1.62 bits per heavy atom. The van der Waals surface area contributed by atoms with Crippen LogP contribution in [-0.4, -0.2) is 42.3 Å². The Bertz CT molecular complexity index is 680. The van der Waals surface area contributed by atoms with E-state index in [1.165, 1.54) is 10.5 Å². The molecule has 2 aromatic carbocycles. The molecule has 0 spiro atoms. The van der Waals surface area contributed by atoms with Crippen molar-refractivity contribution < 1.29 is 4.92 Å². The third-order valence-corrected chi connectivity index (χ3v) is 5.11. The first kappa shape index (κ1) is 16.8. The number of non-ortho nitro benzene ring substituents is 1. The smallest absolute Gasteiger partial charge is 0.269 e. The minimum atomic E-state index is -0.357. The Morgan fingerprint density at radius 3 is 2.17 bits per heavy atom. The topological polar surface area (TPSA) is 49.6 Å². The highest BCUT2D eigenvalue weighted by Crippen LogP contribution is 2.21. The third-order valence-electron chi connectivity index (χ3n) is 4.36. The molecular formula is C18H21N3O2S. The fraction of sp³-hybridized carbons (Fsp3) is 0.333. The van der Waals surface area contributed by atoms with E-state index >= 15 is 0 Å². The fourth-order valence-corrected chi connectivity index (χ4v) is 3.35. The first-order valence-electron chi connectivity index (χ1n) is 8.00. The van der Waals surface area contributed by atoms with Crippen molar-refractivity contribution in [3.63, 3.8) is 0 Å². The van der Waals surface area contributed by atoms with Crippen LogP contribution in [0.2, 0.25) is 0 Å². The normalized spacial score (nSPS) is 15.5. The zero-order chi connectivity index (χ0) is 16.9. The highest BCUT2D eigenvalue weighted by molar-refractivity contribution is 7.98. The van der Waals surface area contributed by atoms with Gasteiger partial charge in [0, 0.05) is 55.4 Å². The Hall–Kier alpha value is -2.05. The molecule has 126 valence electrons. The molecule has 3 rings (SSSR count). The average Bonchev–Trinajstić information content (AvgIpc) is 2.63. The average molecular weight is 343 g/mol. The van der Waals surface area contributed by atoms with E-state index in [0.29, 0.717) is 0 Å². The maximum Gasteiger partial charge on any atom is 0.269 e. The van der Waals surface area contributed by atoms with Crippen molar-refractivity contribution in [2.45, 2.75) is 11.4 Å². The molecule has 0 unspecified atom stereocenters. The molecule has 0 amide bonds. The molecule has 0 aliphatic carbocycles. The van der Waals surface area contributed by atoms with Gasteiger partial charge in [-0.25, -0.2) is 0 Å². The SMILES string of the molecule is CSc1ccc(CN2CCN(c3ccc([N+](=O)[O-])cc3)CC2)cc1. The van der Waals surface area contributed by atoms with Crippen LogP contribution in [0.25, 0.3) is 0 Å². The number of benzene rings is 2. The van der Waals surface area contributed by atoms with Crippen LogP contribution in [-0.2, 0) is 6.54 Å². The first-order valence-corrected chi connectivity index (χ1v) is 9.23. The predicted octanol–water partition coefficient (Wildman–Crippen LogP) is 3.64. The van der Waals surface area contributed by atoms with Crippen LogP contribution in [0.5, 0.6) is 0 Å². The number of piperazine rings is 1. The van der Waals surface area contributed by atoms with E-state index in [-0.39, 0.29) is 10.6 Å². The van der Waals surface area contributed by atoms with Gasteiger partial charge in [-0.15, -0.1) is 11.8 Å². The van der Waals surface area contributed by atoms with E-state index in [0.717, 1.165) is 38.4 Å². The second-order valence-electron chi connectivity index (χ2n) is 5.88. The minimum absolute atomic E-state index is 0.145. The second-order valence-corrected chi connectivity index (χ2v) is 6.76. The van der Waals surface area contributed by atoms with E-state index in [1.54, 1.807) is 23.9 Å². The molecular weight excluding hydrogens is 322 g/mol. The highest BCUT2D eigenvalue weighted by Gasteiger charge is 2.18. The molecule has 0 N–H and O–H groups in total. The van der Waals surface area contributed by atoms with Gasteiger partial charge in [-0.05, 0) is 36.1 Å². The molecule has 2 aromatic rings. The predicted molar refractivity (Wildman–Crippen MR) is 98.8 cm³/mol. The van der Waals surface area contributed by atoms with Crippen molar-refractivity contribution in [2.24, 2.45) is 0 Å². The van der Waals surface area contributed by atoms with Gasteiger partial charge in [0.25, 0.3) is 5.69 Å². The van der Waals surface area contributed by atoms with Gasteiger partial charge in [0.1, 0.15) is 0 Å². The summed E-state index contributed by atoms with van der Waals surface area (Å²) in [4.78, 5) is 16.4. The van der Waals surface area contributed by atoms with Crippen LogP contribution in [0.1, 0.15) is 5.56 Å². The molecule has 0 aromatic heterocycles. The van der Waals surface area contributed by atoms with Gasteiger partial charge in [0.15, 0.2) is 0 Å². The lowest BCUT2D eigenvalue weighted by Crippen LogP contribution is -2.45. The maximum absolute atomic E-state index is 10.7. The Labute approximate surface area is 146 Å². The standard InChI is InChI=1S/C18H21N3O2S/c1-24-18-8-2-15(3-9-18)14-19-10-12-20(13-11-19)16-4-6-17(7-5-16)21(22)23/h2-9H,10-14H2,1H3. The second kappa shape index (κ2) is 7.68. The molecule has 6 heteroatoms. The van der Waals surface area contributed by atoms with Crippen molar-refractivity contribution in [1.82, 2.24) is 4.90 Å². The largest absolute Gasteiger partial charge is 0.369 e. The van der Waals surface area contributed by atoms with E-state index in [4.69, 9.17) is 0 Å². The van der Waals surface area contributed by atoms with Gasteiger partial charge in [-0.2, -0.15) is 0 Å². The number of nitrogens with zero attached hydrogens (tertiary/aromatic N) is 3. The maximum atomic E-state index is 10.7. The summed E-state index contributed by atoms with van der Waals surface area (Å²) in [6, 6.07) is 15.6. The van der Waals surface area contributed by atoms with Crippen molar-refractivity contribution in [3.05, 3.63) is 64.2 Å². The van der Waals surface area contributed by atoms with Gasteiger partial charge in [0.05, 0.1) is 4.92 Å². The van der Waals surface area contributed by atoms with Crippen molar-refractivity contribution in [1.29, 1.82) is 0 Å². The van der Waals surface area contributed by atoms with Crippen molar-refractivity contribution in [2.75, 3.05) is 37.3 Å². The van der Waals surface area contributed by atoms with E-state index in [9.17, 15) is 10.1 Å². The van der Waals surface area contributed by atoms with Crippen molar-refractivity contribution in [3.8, 4) is 0 Å². The molecule has 0 saturated carbocycles. The molecule has 1 saturated heterocycles. The van der Waals surface area contributed by atoms with E-state index < -0.39 is 0 Å². The van der Waals surface area contributed by atoms with Gasteiger partial charge < -0.3 is 4.90 Å². The molecule has 0 radical (unpaired) electrons. The van der Waals surface area contributed by atoms with Crippen LogP contribution >= 0.6 is 11.8 Å². The third kappa shape index (κ3) is 4.07. The summed E-state index contributed by atoms with van der Waals surface area (Å²) in [5.74, 6) is 0.